The van der Waals surface area contributed by atoms with Crippen molar-refractivity contribution in [3.05, 3.63) is 28.7 Å². The summed E-state index contributed by atoms with van der Waals surface area (Å²) in [5.41, 5.74) is 0. The van der Waals surface area contributed by atoms with Crippen LogP contribution in [0.5, 0.6) is 5.75 Å². The van der Waals surface area contributed by atoms with Gasteiger partial charge in [-0.25, -0.2) is 0 Å². The molecule has 0 aliphatic heterocycles. The van der Waals surface area contributed by atoms with E-state index in [2.05, 4.69) is 28.9 Å². The molecule has 0 saturated carbocycles. The summed E-state index contributed by atoms with van der Waals surface area (Å²) < 4.78 is 6.36. The third kappa shape index (κ3) is 2.93. The van der Waals surface area contributed by atoms with Gasteiger partial charge in [0.1, 0.15) is 5.75 Å². The lowest BCUT2D eigenvalue weighted by atomic mass is 10.3. The maximum absolute atomic E-state index is 5.33. The Hall–Kier alpha value is -0.500. The van der Waals surface area contributed by atoms with Crippen LogP contribution in [0.1, 0.15) is 13.3 Å². The first kappa shape index (κ1) is 8.60. The molecule has 0 N–H and O–H groups in total. The van der Waals surface area contributed by atoms with Crippen molar-refractivity contribution in [3.8, 4) is 5.75 Å². The molecule has 11 heavy (non-hydrogen) atoms. The van der Waals surface area contributed by atoms with Gasteiger partial charge in [-0.05, 0) is 24.6 Å². The van der Waals surface area contributed by atoms with Gasteiger partial charge in [-0.2, -0.15) is 0 Å². The first-order valence-electron chi connectivity index (χ1n) is 3.63. The van der Waals surface area contributed by atoms with Gasteiger partial charge in [0.25, 0.3) is 0 Å². The second-order valence-electron chi connectivity index (χ2n) is 2.22. The third-order valence-electron chi connectivity index (χ3n) is 1.21. The van der Waals surface area contributed by atoms with Gasteiger partial charge in [0.05, 0.1) is 6.61 Å². The zero-order chi connectivity index (χ0) is 8.10. The van der Waals surface area contributed by atoms with Crippen LogP contribution in [-0.2, 0) is 0 Å². The van der Waals surface area contributed by atoms with Crippen molar-refractivity contribution in [1.29, 1.82) is 0 Å². The number of ether oxygens (including phenoxy) is 1. The quantitative estimate of drug-likeness (QED) is 0.751. The van der Waals surface area contributed by atoms with Crippen LogP contribution in [0.3, 0.4) is 0 Å². The van der Waals surface area contributed by atoms with E-state index < -0.39 is 0 Å². The van der Waals surface area contributed by atoms with E-state index >= 15 is 0 Å². The summed E-state index contributed by atoms with van der Waals surface area (Å²) in [5.74, 6) is 0.815. The Morgan fingerprint density at radius 2 is 2.36 bits per heavy atom. The number of halogens is 1. The topological polar surface area (TPSA) is 9.23 Å². The van der Waals surface area contributed by atoms with Crippen molar-refractivity contribution in [2.45, 2.75) is 13.3 Å². The predicted octanol–water partition coefficient (Wildman–Crippen LogP) is 3.04. The van der Waals surface area contributed by atoms with Crippen molar-refractivity contribution < 1.29 is 4.74 Å². The van der Waals surface area contributed by atoms with E-state index in [9.17, 15) is 0 Å². The number of benzene rings is 1. The lowest BCUT2D eigenvalue weighted by molar-refractivity contribution is 0.316. The minimum absolute atomic E-state index is 0.762. The second-order valence-corrected chi connectivity index (χ2v) is 3.14. The van der Waals surface area contributed by atoms with Gasteiger partial charge >= 0.3 is 0 Å². The fraction of sp³-hybridized carbons (Fsp3) is 0.333. The molecule has 0 spiro atoms. The van der Waals surface area contributed by atoms with Crippen LogP contribution in [0, 0.1) is 6.07 Å². The SMILES string of the molecule is CCCOc1[c]cc(Br)cc1. The summed E-state index contributed by atoms with van der Waals surface area (Å²) >= 11 is 3.33. The number of rotatable bonds is 3. The van der Waals surface area contributed by atoms with E-state index in [1.807, 2.05) is 18.2 Å². The molecule has 0 fully saturated rings. The zero-order valence-electron chi connectivity index (χ0n) is 6.43. The van der Waals surface area contributed by atoms with Crippen molar-refractivity contribution in [2.24, 2.45) is 0 Å². The molecule has 1 aromatic rings. The van der Waals surface area contributed by atoms with Crippen molar-refractivity contribution in [2.75, 3.05) is 6.61 Å². The Morgan fingerprint density at radius 1 is 1.55 bits per heavy atom. The van der Waals surface area contributed by atoms with E-state index in [0.29, 0.717) is 0 Å². The highest BCUT2D eigenvalue weighted by Gasteiger charge is 1.91. The van der Waals surface area contributed by atoms with Crippen molar-refractivity contribution in [3.63, 3.8) is 0 Å². The van der Waals surface area contributed by atoms with E-state index in [4.69, 9.17) is 4.74 Å². The number of hydrogen-bond acceptors (Lipinski definition) is 1. The molecule has 0 bridgehead atoms. The van der Waals surface area contributed by atoms with Crippen LogP contribution < -0.4 is 4.74 Å². The second kappa shape index (κ2) is 4.39. The fourth-order valence-electron chi connectivity index (χ4n) is 0.693. The molecule has 1 radical (unpaired) electrons. The Labute approximate surface area is 75.5 Å². The van der Waals surface area contributed by atoms with Crippen LogP contribution in [0.4, 0.5) is 0 Å². The summed E-state index contributed by atoms with van der Waals surface area (Å²) in [6.45, 7) is 2.84. The highest BCUT2D eigenvalue weighted by atomic mass is 79.9. The van der Waals surface area contributed by atoms with Crippen LogP contribution in [0.15, 0.2) is 22.7 Å². The first-order valence-corrected chi connectivity index (χ1v) is 4.42. The van der Waals surface area contributed by atoms with Crippen LogP contribution in [-0.4, -0.2) is 6.61 Å². The standard InChI is InChI=1S/C9H10BrO/c1-2-7-11-9-5-3-8(10)4-6-9/h3-5H,2,7H2,1H3. The van der Waals surface area contributed by atoms with E-state index in [1.54, 1.807) is 0 Å². The van der Waals surface area contributed by atoms with Crippen molar-refractivity contribution in [1.82, 2.24) is 0 Å². The van der Waals surface area contributed by atoms with Crippen LogP contribution in [0.2, 0.25) is 0 Å². The molecular formula is C9H10BrO. The van der Waals surface area contributed by atoms with E-state index in [-0.39, 0.29) is 0 Å². The molecule has 1 aromatic carbocycles. The normalized spacial score (nSPS) is 9.64. The summed E-state index contributed by atoms with van der Waals surface area (Å²) in [7, 11) is 0. The average Bonchev–Trinajstić information content (AvgIpc) is 2.04. The van der Waals surface area contributed by atoms with Gasteiger partial charge in [0, 0.05) is 10.5 Å². The van der Waals surface area contributed by atoms with Gasteiger partial charge in [0.15, 0.2) is 0 Å². The monoisotopic (exact) mass is 213 g/mol. The largest absolute Gasteiger partial charge is 0.493 e. The van der Waals surface area contributed by atoms with Crippen LogP contribution in [0.25, 0.3) is 0 Å². The summed E-state index contributed by atoms with van der Waals surface area (Å²) in [5, 5.41) is 0. The molecule has 1 rings (SSSR count). The Morgan fingerprint density at radius 3 is 2.91 bits per heavy atom. The first-order chi connectivity index (χ1) is 5.33. The molecule has 59 valence electrons. The van der Waals surface area contributed by atoms with E-state index in [1.165, 1.54) is 0 Å². The molecule has 1 nitrogen and oxygen atoms in total. The number of hydrogen-bond donors (Lipinski definition) is 0. The van der Waals surface area contributed by atoms with Gasteiger partial charge in [-0.15, -0.1) is 0 Å². The molecule has 0 atom stereocenters. The molecular weight excluding hydrogens is 204 g/mol. The van der Waals surface area contributed by atoms with Crippen LogP contribution >= 0.6 is 15.9 Å². The van der Waals surface area contributed by atoms with Gasteiger partial charge in [-0.3, -0.25) is 0 Å². The highest BCUT2D eigenvalue weighted by molar-refractivity contribution is 9.10. The van der Waals surface area contributed by atoms with Gasteiger partial charge in [0.2, 0.25) is 0 Å². The molecule has 0 saturated heterocycles. The molecule has 0 aliphatic carbocycles. The molecule has 0 aromatic heterocycles. The minimum atomic E-state index is 0.762. The van der Waals surface area contributed by atoms with Crippen molar-refractivity contribution >= 4 is 15.9 Å². The average molecular weight is 214 g/mol. The Kier molecular flexibility index (Phi) is 3.43. The maximum Gasteiger partial charge on any atom is 0.127 e. The Bertz CT molecular complexity index is 205. The third-order valence-corrected chi connectivity index (χ3v) is 1.70. The molecule has 2 heteroatoms. The summed E-state index contributed by atoms with van der Waals surface area (Å²) in [6, 6.07) is 8.70. The lowest BCUT2D eigenvalue weighted by Gasteiger charge is -2.02. The molecule has 0 unspecified atom stereocenters. The predicted molar refractivity (Wildman–Crippen MR) is 48.8 cm³/mol. The molecule has 0 aliphatic rings. The Balaban J connectivity index is 2.52. The fourth-order valence-corrected chi connectivity index (χ4v) is 0.940. The molecule has 0 heterocycles. The summed E-state index contributed by atoms with van der Waals surface area (Å²) in [6.07, 6.45) is 1.03. The zero-order valence-corrected chi connectivity index (χ0v) is 8.02. The van der Waals surface area contributed by atoms with Gasteiger partial charge < -0.3 is 4.74 Å². The minimum Gasteiger partial charge on any atom is -0.493 e. The highest BCUT2D eigenvalue weighted by Crippen LogP contribution is 2.15. The maximum atomic E-state index is 5.33. The lowest BCUT2D eigenvalue weighted by Crippen LogP contribution is -1.94. The molecule has 0 amide bonds. The smallest absolute Gasteiger partial charge is 0.127 e. The van der Waals surface area contributed by atoms with Gasteiger partial charge in [-0.1, -0.05) is 22.9 Å². The van der Waals surface area contributed by atoms with E-state index in [0.717, 1.165) is 23.2 Å². The summed E-state index contributed by atoms with van der Waals surface area (Å²) in [4.78, 5) is 0.